The molecule has 0 spiro atoms. The lowest BCUT2D eigenvalue weighted by Gasteiger charge is -2.29. The lowest BCUT2D eigenvalue weighted by Crippen LogP contribution is -2.43. The highest BCUT2D eigenvalue weighted by Gasteiger charge is 2.38. The monoisotopic (exact) mass is 291 g/mol. The van der Waals surface area contributed by atoms with E-state index in [1.165, 1.54) is 6.07 Å². The van der Waals surface area contributed by atoms with E-state index in [4.69, 9.17) is 0 Å². The van der Waals surface area contributed by atoms with Gasteiger partial charge in [-0.3, -0.25) is 4.79 Å². The predicted molar refractivity (Wildman–Crippen MR) is 80.6 cm³/mol. The SMILES string of the molecule is C[C@H]1C[C@H]1C(=O)NCc1ccc(N2CCNCC2)c(F)c1. The van der Waals surface area contributed by atoms with E-state index in [9.17, 15) is 9.18 Å². The van der Waals surface area contributed by atoms with Crippen LogP contribution in [0.1, 0.15) is 18.9 Å². The predicted octanol–water partition coefficient (Wildman–Crippen LogP) is 1.51. The van der Waals surface area contributed by atoms with Gasteiger partial charge in [0.1, 0.15) is 5.82 Å². The minimum atomic E-state index is -0.205. The van der Waals surface area contributed by atoms with Gasteiger partial charge in [-0.05, 0) is 30.0 Å². The molecule has 0 bridgehead atoms. The average Bonchev–Trinajstić information content (AvgIpc) is 3.23. The molecule has 4 nitrogen and oxygen atoms in total. The third-order valence-corrected chi connectivity index (χ3v) is 4.38. The van der Waals surface area contributed by atoms with Crippen molar-refractivity contribution in [2.45, 2.75) is 19.9 Å². The van der Waals surface area contributed by atoms with Gasteiger partial charge < -0.3 is 15.5 Å². The molecule has 2 N–H and O–H groups in total. The van der Waals surface area contributed by atoms with E-state index in [2.05, 4.69) is 22.5 Å². The van der Waals surface area contributed by atoms with Gasteiger partial charge in [-0.1, -0.05) is 13.0 Å². The van der Waals surface area contributed by atoms with E-state index >= 15 is 0 Å². The van der Waals surface area contributed by atoms with Crippen LogP contribution in [0.4, 0.5) is 10.1 Å². The van der Waals surface area contributed by atoms with Crippen molar-refractivity contribution in [2.24, 2.45) is 11.8 Å². The molecule has 1 heterocycles. The Morgan fingerprint density at radius 2 is 2.14 bits per heavy atom. The van der Waals surface area contributed by atoms with Crippen LogP contribution in [0, 0.1) is 17.7 Å². The Morgan fingerprint density at radius 3 is 2.76 bits per heavy atom. The van der Waals surface area contributed by atoms with Gasteiger partial charge in [-0.15, -0.1) is 0 Å². The molecule has 1 aromatic carbocycles. The molecular formula is C16H22FN3O. The lowest BCUT2D eigenvalue weighted by molar-refractivity contribution is -0.122. The Bertz CT molecular complexity index is 528. The maximum atomic E-state index is 14.2. The normalized spacial score (nSPS) is 24.8. The first kappa shape index (κ1) is 14.3. The zero-order chi connectivity index (χ0) is 14.8. The number of amides is 1. The van der Waals surface area contributed by atoms with Crippen LogP contribution >= 0.6 is 0 Å². The van der Waals surface area contributed by atoms with E-state index < -0.39 is 0 Å². The van der Waals surface area contributed by atoms with E-state index in [1.807, 2.05) is 12.1 Å². The van der Waals surface area contributed by atoms with Crippen molar-refractivity contribution in [3.05, 3.63) is 29.6 Å². The zero-order valence-corrected chi connectivity index (χ0v) is 12.4. The molecule has 2 aliphatic rings. The molecule has 21 heavy (non-hydrogen) atoms. The van der Waals surface area contributed by atoms with Gasteiger partial charge in [0.05, 0.1) is 5.69 Å². The van der Waals surface area contributed by atoms with E-state index in [-0.39, 0.29) is 17.6 Å². The second kappa shape index (κ2) is 6.02. The van der Waals surface area contributed by atoms with Crippen molar-refractivity contribution in [2.75, 3.05) is 31.1 Å². The Morgan fingerprint density at radius 1 is 1.43 bits per heavy atom. The van der Waals surface area contributed by atoms with E-state index in [0.717, 1.165) is 38.2 Å². The molecule has 5 heteroatoms. The Hall–Kier alpha value is -1.62. The summed E-state index contributed by atoms with van der Waals surface area (Å²) in [6.45, 7) is 5.90. The largest absolute Gasteiger partial charge is 0.367 e. The summed E-state index contributed by atoms with van der Waals surface area (Å²) in [4.78, 5) is 13.8. The number of hydrogen-bond donors (Lipinski definition) is 2. The van der Waals surface area contributed by atoms with Crippen LogP contribution in [0.3, 0.4) is 0 Å². The standard InChI is InChI=1S/C16H22FN3O/c1-11-8-13(11)16(21)19-10-12-2-3-15(14(17)9-12)20-6-4-18-5-7-20/h2-3,9,11,13,18H,4-8,10H2,1H3,(H,19,21)/t11-,13+/m0/s1. The van der Waals surface area contributed by atoms with Crippen LogP contribution in [-0.4, -0.2) is 32.1 Å². The number of anilines is 1. The number of hydrogen-bond acceptors (Lipinski definition) is 3. The van der Waals surface area contributed by atoms with Crippen molar-refractivity contribution >= 4 is 11.6 Å². The summed E-state index contributed by atoms with van der Waals surface area (Å²) in [5.41, 5.74) is 1.47. The van der Waals surface area contributed by atoms with E-state index in [1.54, 1.807) is 0 Å². The van der Waals surface area contributed by atoms with Gasteiger partial charge in [-0.25, -0.2) is 4.39 Å². The topological polar surface area (TPSA) is 44.4 Å². The summed E-state index contributed by atoms with van der Waals surface area (Å²) >= 11 is 0. The number of carbonyl (C=O) groups is 1. The number of piperazine rings is 1. The number of nitrogens with zero attached hydrogens (tertiary/aromatic N) is 1. The third-order valence-electron chi connectivity index (χ3n) is 4.38. The fourth-order valence-electron chi connectivity index (χ4n) is 2.83. The smallest absolute Gasteiger partial charge is 0.223 e. The van der Waals surface area contributed by atoms with Gasteiger partial charge >= 0.3 is 0 Å². The summed E-state index contributed by atoms with van der Waals surface area (Å²) < 4.78 is 14.2. The first-order valence-corrected chi connectivity index (χ1v) is 7.67. The summed E-state index contributed by atoms with van der Waals surface area (Å²) in [6, 6.07) is 5.26. The van der Waals surface area contributed by atoms with Gasteiger partial charge in [-0.2, -0.15) is 0 Å². The van der Waals surface area contributed by atoms with Crippen molar-refractivity contribution in [1.29, 1.82) is 0 Å². The highest BCUT2D eigenvalue weighted by molar-refractivity contribution is 5.81. The number of rotatable bonds is 4. The molecule has 1 aromatic rings. The average molecular weight is 291 g/mol. The minimum absolute atomic E-state index is 0.0917. The quantitative estimate of drug-likeness (QED) is 0.884. The first-order valence-electron chi connectivity index (χ1n) is 7.67. The highest BCUT2D eigenvalue weighted by atomic mass is 19.1. The molecule has 1 saturated heterocycles. The highest BCUT2D eigenvalue weighted by Crippen LogP contribution is 2.37. The Balaban J connectivity index is 1.59. The molecule has 1 amide bonds. The second-order valence-corrected chi connectivity index (χ2v) is 6.06. The minimum Gasteiger partial charge on any atom is -0.367 e. The maximum Gasteiger partial charge on any atom is 0.223 e. The summed E-state index contributed by atoms with van der Waals surface area (Å²) in [5.74, 6) is 0.546. The van der Waals surface area contributed by atoms with Gasteiger partial charge in [0.25, 0.3) is 0 Å². The van der Waals surface area contributed by atoms with Crippen molar-refractivity contribution in [3.63, 3.8) is 0 Å². The van der Waals surface area contributed by atoms with Crippen molar-refractivity contribution < 1.29 is 9.18 Å². The van der Waals surface area contributed by atoms with Crippen LogP contribution in [0.2, 0.25) is 0 Å². The fourth-order valence-corrected chi connectivity index (χ4v) is 2.83. The third kappa shape index (κ3) is 3.35. The fraction of sp³-hybridized carbons (Fsp3) is 0.562. The molecule has 1 saturated carbocycles. The molecule has 0 aromatic heterocycles. The zero-order valence-electron chi connectivity index (χ0n) is 12.4. The summed E-state index contributed by atoms with van der Waals surface area (Å²) in [5, 5.41) is 6.14. The molecule has 0 radical (unpaired) electrons. The number of halogens is 1. The molecule has 0 unspecified atom stereocenters. The maximum absolute atomic E-state index is 14.2. The Labute approximate surface area is 124 Å². The second-order valence-electron chi connectivity index (χ2n) is 6.06. The lowest BCUT2D eigenvalue weighted by atomic mass is 10.1. The molecule has 1 aliphatic heterocycles. The summed E-state index contributed by atoms with van der Waals surface area (Å²) in [6.07, 6.45) is 0.974. The Kier molecular flexibility index (Phi) is 4.10. The van der Waals surface area contributed by atoms with Crippen LogP contribution in [0.25, 0.3) is 0 Å². The van der Waals surface area contributed by atoms with Crippen LogP contribution in [-0.2, 0) is 11.3 Å². The number of benzene rings is 1. The molecule has 1 aliphatic carbocycles. The molecular weight excluding hydrogens is 269 g/mol. The molecule has 3 rings (SSSR count). The van der Waals surface area contributed by atoms with Crippen LogP contribution in [0.15, 0.2) is 18.2 Å². The summed E-state index contributed by atoms with van der Waals surface area (Å²) in [7, 11) is 0. The number of carbonyl (C=O) groups excluding carboxylic acids is 1. The van der Waals surface area contributed by atoms with Crippen LogP contribution < -0.4 is 15.5 Å². The van der Waals surface area contributed by atoms with Gasteiger partial charge in [0, 0.05) is 38.6 Å². The number of nitrogens with one attached hydrogen (secondary N) is 2. The van der Waals surface area contributed by atoms with Gasteiger partial charge in [0.15, 0.2) is 0 Å². The van der Waals surface area contributed by atoms with Gasteiger partial charge in [0.2, 0.25) is 5.91 Å². The van der Waals surface area contributed by atoms with Crippen molar-refractivity contribution in [1.82, 2.24) is 10.6 Å². The van der Waals surface area contributed by atoms with Crippen LogP contribution in [0.5, 0.6) is 0 Å². The molecule has 114 valence electrons. The van der Waals surface area contributed by atoms with E-state index in [0.29, 0.717) is 18.2 Å². The van der Waals surface area contributed by atoms with Crippen molar-refractivity contribution in [3.8, 4) is 0 Å². The first-order chi connectivity index (χ1) is 10.1. The molecule has 2 atom stereocenters. The molecule has 2 fully saturated rings.